The average Bonchev–Trinajstić information content (AvgIpc) is 2.63. The van der Waals surface area contributed by atoms with E-state index in [1.807, 2.05) is 6.92 Å². The van der Waals surface area contributed by atoms with Gasteiger partial charge in [0.05, 0.1) is 11.6 Å². The average molecular weight is 358 g/mol. The van der Waals surface area contributed by atoms with Gasteiger partial charge in [-0.3, -0.25) is 4.79 Å². The molecule has 4 N–H and O–H groups in total. The lowest BCUT2D eigenvalue weighted by Crippen LogP contribution is -2.34. The Kier molecular flexibility index (Phi) is 6.00. The second-order valence-electron chi connectivity index (χ2n) is 6.89. The molecule has 1 aromatic heterocycles. The largest absolute Gasteiger partial charge is 0.393 e. The minimum Gasteiger partial charge on any atom is -0.393 e. The van der Waals surface area contributed by atoms with Crippen molar-refractivity contribution in [1.82, 2.24) is 15.3 Å². The summed E-state index contributed by atoms with van der Waals surface area (Å²) >= 11 is 0. The zero-order chi connectivity index (χ0) is 18.5. The van der Waals surface area contributed by atoms with Gasteiger partial charge in [-0.05, 0) is 44.2 Å². The summed E-state index contributed by atoms with van der Waals surface area (Å²) in [6, 6.07) is 5.47. The quantitative estimate of drug-likeness (QED) is 0.590. The first-order valence-corrected chi connectivity index (χ1v) is 9.25. The van der Waals surface area contributed by atoms with E-state index in [9.17, 15) is 15.0 Å². The Bertz CT molecular complexity index is 760. The minimum absolute atomic E-state index is 0.199. The van der Waals surface area contributed by atoms with Crippen molar-refractivity contribution in [3.63, 3.8) is 0 Å². The fourth-order valence-electron chi connectivity index (χ4n) is 3.22. The number of fused-ring (bicyclic) bond motifs is 1. The van der Waals surface area contributed by atoms with E-state index in [2.05, 4.69) is 20.6 Å². The summed E-state index contributed by atoms with van der Waals surface area (Å²) < 4.78 is 0. The van der Waals surface area contributed by atoms with Gasteiger partial charge in [0.15, 0.2) is 0 Å². The molecule has 1 unspecified atom stereocenters. The molecular weight excluding hydrogens is 332 g/mol. The first-order chi connectivity index (χ1) is 12.5. The van der Waals surface area contributed by atoms with Gasteiger partial charge in [-0.15, -0.1) is 0 Å². The van der Waals surface area contributed by atoms with Crippen LogP contribution in [0.15, 0.2) is 24.4 Å². The number of carbonyl (C=O) groups is 1. The monoisotopic (exact) mass is 358 g/mol. The molecular formula is C19H26N4O3. The van der Waals surface area contributed by atoms with Gasteiger partial charge in [0.2, 0.25) is 5.95 Å². The molecule has 1 atom stereocenters. The Morgan fingerprint density at radius 1 is 1.31 bits per heavy atom. The van der Waals surface area contributed by atoms with Crippen LogP contribution in [0.5, 0.6) is 0 Å². The lowest BCUT2D eigenvalue weighted by molar-refractivity contribution is 0.0763. The van der Waals surface area contributed by atoms with Crippen LogP contribution in [-0.4, -0.2) is 44.5 Å². The van der Waals surface area contributed by atoms with Crippen LogP contribution in [0.25, 0.3) is 10.9 Å². The molecule has 2 aromatic rings. The van der Waals surface area contributed by atoms with Crippen LogP contribution in [0.2, 0.25) is 0 Å². The molecule has 3 rings (SSSR count). The van der Waals surface area contributed by atoms with E-state index in [1.54, 1.807) is 24.4 Å². The number of carbonyl (C=O) groups excluding carboxylic acids is 1. The Morgan fingerprint density at radius 2 is 2.08 bits per heavy atom. The summed E-state index contributed by atoms with van der Waals surface area (Å²) in [4.78, 5) is 21.1. The van der Waals surface area contributed by atoms with Gasteiger partial charge in [-0.1, -0.05) is 19.4 Å². The van der Waals surface area contributed by atoms with E-state index in [0.717, 1.165) is 37.5 Å². The van der Waals surface area contributed by atoms with Crippen LogP contribution in [-0.2, 0) is 0 Å². The van der Waals surface area contributed by atoms with E-state index in [4.69, 9.17) is 0 Å². The van der Waals surface area contributed by atoms with Crippen LogP contribution >= 0.6 is 0 Å². The lowest BCUT2D eigenvalue weighted by Gasteiger charge is -2.26. The van der Waals surface area contributed by atoms with Gasteiger partial charge in [-0.2, -0.15) is 0 Å². The zero-order valence-electron chi connectivity index (χ0n) is 15.0. The molecule has 1 saturated carbocycles. The highest BCUT2D eigenvalue weighted by atomic mass is 16.3. The molecule has 0 aliphatic heterocycles. The van der Waals surface area contributed by atoms with Crippen LogP contribution < -0.4 is 10.6 Å². The highest BCUT2D eigenvalue weighted by molar-refractivity contribution is 5.97. The molecule has 0 spiro atoms. The van der Waals surface area contributed by atoms with Crippen LogP contribution in [0.3, 0.4) is 0 Å². The normalized spacial score (nSPS) is 21.3. The van der Waals surface area contributed by atoms with Gasteiger partial charge in [0, 0.05) is 23.2 Å². The van der Waals surface area contributed by atoms with Crippen molar-refractivity contribution in [3.05, 3.63) is 30.0 Å². The second kappa shape index (κ2) is 8.42. The molecule has 140 valence electrons. The molecule has 7 heteroatoms. The highest BCUT2D eigenvalue weighted by Crippen LogP contribution is 2.22. The Hall–Kier alpha value is -2.25. The summed E-state index contributed by atoms with van der Waals surface area (Å²) in [6.45, 7) is 1.95. The maximum absolute atomic E-state index is 12.3. The highest BCUT2D eigenvalue weighted by Gasteiger charge is 2.20. The van der Waals surface area contributed by atoms with E-state index in [1.165, 1.54) is 0 Å². The van der Waals surface area contributed by atoms with Crippen LogP contribution in [0.1, 0.15) is 55.8 Å². The van der Waals surface area contributed by atoms with Crippen molar-refractivity contribution < 1.29 is 15.0 Å². The Balaban J connectivity index is 1.72. The first kappa shape index (κ1) is 18.5. The Labute approximate surface area is 152 Å². The van der Waals surface area contributed by atoms with Crippen molar-refractivity contribution in [2.24, 2.45) is 0 Å². The minimum atomic E-state index is -0.840. The van der Waals surface area contributed by atoms with E-state index >= 15 is 0 Å². The predicted octanol–water partition coefficient (Wildman–Crippen LogP) is 2.19. The number of nitrogens with zero attached hydrogens (tertiary/aromatic N) is 2. The third-order valence-electron chi connectivity index (χ3n) is 4.73. The van der Waals surface area contributed by atoms with E-state index in [0.29, 0.717) is 23.4 Å². The third kappa shape index (κ3) is 4.68. The maximum atomic E-state index is 12.3. The summed E-state index contributed by atoms with van der Waals surface area (Å²) in [6.07, 6.45) is 5.36. The molecule has 1 fully saturated rings. The summed E-state index contributed by atoms with van der Waals surface area (Å²) in [5, 5.41) is 26.1. The molecule has 1 aliphatic carbocycles. The Morgan fingerprint density at radius 3 is 2.81 bits per heavy atom. The summed E-state index contributed by atoms with van der Waals surface area (Å²) in [5.74, 6) is 0.213. The fourth-order valence-corrected chi connectivity index (χ4v) is 3.22. The zero-order valence-corrected chi connectivity index (χ0v) is 15.0. The molecule has 26 heavy (non-hydrogen) atoms. The van der Waals surface area contributed by atoms with Gasteiger partial charge in [0.25, 0.3) is 5.91 Å². The number of amides is 1. The van der Waals surface area contributed by atoms with Crippen molar-refractivity contribution >= 4 is 22.8 Å². The van der Waals surface area contributed by atoms with Crippen LogP contribution in [0.4, 0.5) is 5.95 Å². The molecule has 0 bridgehead atoms. The molecule has 1 amide bonds. The molecule has 1 heterocycles. The number of benzene rings is 1. The topological polar surface area (TPSA) is 107 Å². The van der Waals surface area contributed by atoms with Crippen molar-refractivity contribution in [2.45, 2.75) is 63.8 Å². The number of aliphatic hydroxyl groups excluding tert-OH is 2. The number of rotatable bonds is 6. The third-order valence-corrected chi connectivity index (χ3v) is 4.73. The summed E-state index contributed by atoms with van der Waals surface area (Å²) in [5.41, 5.74) is 1.13. The first-order valence-electron chi connectivity index (χ1n) is 9.25. The number of hydrogen-bond donors (Lipinski definition) is 4. The van der Waals surface area contributed by atoms with Crippen molar-refractivity contribution in [1.29, 1.82) is 0 Å². The molecule has 7 nitrogen and oxygen atoms in total. The maximum Gasteiger partial charge on any atom is 0.253 e. The fraction of sp³-hybridized carbons (Fsp3) is 0.526. The van der Waals surface area contributed by atoms with Gasteiger partial charge in [0.1, 0.15) is 6.23 Å². The number of nitrogens with one attached hydrogen (secondary N) is 2. The summed E-state index contributed by atoms with van der Waals surface area (Å²) in [7, 11) is 0. The standard InChI is InChI=1S/C19H26N4O3/c1-2-3-17(25)23-18(26)12-4-5-13-11-20-19(22-16(13)10-12)21-14-6-8-15(24)9-7-14/h4-5,10-11,14-15,17,24-25H,2-3,6-9H2,1H3,(H,23,26)(H,20,21,22)/t14-,15-,17?. The van der Waals surface area contributed by atoms with Crippen molar-refractivity contribution in [2.75, 3.05) is 5.32 Å². The second-order valence-corrected chi connectivity index (χ2v) is 6.89. The molecule has 0 radical (unpaired) electrons. The number of aliphatic hydroxyl groups is 2. The van der Waals surface area contributed by atoms with Gasteiger partial charge >= 0.3 is 0 Å². The van der Waals surface area contributed by atoms with Gasteiger partial charge < -0.3 is 20.8 Å². The number of anilines is 1. The molecule has 1 aromatic carbocycles. The van der Waals surface area contributed by atoms with E-state index in [-0.39, 0.29) is 18.1 Å². The molecule has 1 aliphatic rings. The molecule has 0 saturated heterocycles. The SMILES string of the molecule is CCCC(O)NC(=O)c1ccc2cnc(N[C@H]3CC[C@H](O)CC3)nc2c1. The van der Waals surface area contributed by atoms with Gasteiger partial charge in [-0.25, -0.2) is 9.97 Å². The lowest BCUT2D eigenvalue weighted by atomic mass is 9.93. The van der Waals surface area contributed by atoms with Crippen LogP contribution in [0, 0.1) is 0 Å². The van der Waals surface area contributed by atoms with E-state index < -0.39 is 6.23 Å². The predicted molar refractivity (Wildman–Crippen MR) is 99.8 cm³/mol. The smallest absolute Gasteiger partial charge is 0.253 e. The number of hydrogen-bond acceptors (Lipinski definition) is 6. The van der Waals surface area contributed by atoms with Crippen molar-refractivity contribution in [3.8, 4) is 0 Å². The number of aromatic nitrogens is 2.